The first-order valence-electron chi connectivity index (χ1n) is 5.26. The molecule has 0 aliphatic rings. The molecule has 0 fully saturated rings. The van der Waals surface area contributed by atoms with E-state index in [9.17, 15) is 0 Å². The van der Waals surface area contributed by atoms with E-state index < -0.39 is 0 Å². The number of benzene rings is 2. The second-order valence-electron chi connectivity index (χ2n) is 3.65. The monoisotopic (exact) mass is 277 g/mol. The van der Waals surface area contributed by atoms with Crippen LogP contribution in [-0.2, 0) is 6.61 Å². The Morgan fingerprint density at radius 3 is 2.50 bits per heavy atom. The predicted octanol–water partition coefficient (Wildman–Crippen LogP) is 4.44. The third-order valence-corrected chi connectivity index (χ3v) is 2.85. The summed E-state index contributed by atoms with van der Waals surface area (Å²) in [7, 11) is 0. The molecular formula is C14H9Cl2NO. The normalized spacial score (nSPS) is 9.83. The number of hydrogen-bond acceptors (Lipinski definition) is 2. The van der Waals surface area contributed by atoms with Crippen LogP contribution >= 0.6 is 23.2 Å². The van der Waals surface area contributed by atoms with Crippen molar-refractivity contribution in [2.24, 2.45) is 0 Å². The minimum atomic E-state index is 0.337. The third-order valence-electron chi connectivity index (χ3n) is 2.35. The number of hydrogen-bond donors (Lipinski definition) is 0. The van der Waals surface area contributed by atoms with E-state index in [0.29, 0.717) is 28.0 Å². The second-order valence-corrected chi connectivity index (χ2v) is 4.49. The van der Waals surface area contributed by atoms with Gasteiger partial charge in [-0.05, 0) is 17.7 Å². The first-order valence-corrected chi connectivity index (χ1v) is 6.02. The van der Waals surface area contributed by atoms with E-state index in [-0.39, 0.29) is 0 Å². The van der Waals surface area contributed by atoms with E-state index in [2.05, 4.69) is 0 Å². The van der Waals surface area contributed by atoms with Crippen molar-refractivity contribution in [3.05, 3.63) is 63.6 Å². The van der Waals surface area contributed by atoms with Crippen LogP contribution in [0, 0.1) is 11.3 Å². The van der Waals surface area contributed by atoms with Gasteiger partial charge in [0.2, 0.25) is 0 Å². The summed E-state index contributed by atoms with van der Waals surface area (Å²) in [4.78, 5) is 0. The average molecular weight is 278 g/mol. The van der Waals surface area contributed by atoms with Gasteiger partial charge in [0.15, 0.2) is 5.75 Å². The minimum Gasteiger partial charge on any atom is -0.486 e. The maximum absolute atomic E-state index is 9.02. The molecule has 0 bridgehead atoms. The molecule has 0 atom stereocenters. The van der Waals surface area contributed by atoms with Crippen molar-refractivity contribution >= 4 is 23.2 Å². The molecule has 0 radical (unpaired) electrons. The van der Waals surface area contributed by atoms with Crippen molar-refractivity contribution in [3.8, 4) is 11.8 Å². The van der Waals surface area contributed by atoms with Gasteiger partial charge in [0.05, 0.1) is 10.6 Å². The van der Waals surface area contributed by atoms with E-state index in [1.807, 2.05) is 36.4 Å². The molecule has 0 amide bonds. The molecular weight excluding hydrogens is 269 g/mol. The van der Waals surface area contributed by atoms with Gasteiger partial charge in [-0.2, -0.15) is 5.26 Å². The minimum absolute atomic E-state index is 0.337. The van der Waals surface area contributed by atoms with E-state index in [4.69, 9.17) is 33.2 Å². The molecule has 2 aromatic rings. The Labute approximate surface area is 115 Å². The van der Waals surface area contributed by atoms with Crippen LogP contribution in [0.2, 0.25) is 10.0 Å². The lowest BCUT2D eigenvalue weighted by Gasteiger charge is -2.10. The smallest absolute Gasteiger partial charge is 0.156 e. The summed E-state index contributed by atoms with van der Waals surface area (Å²) >= 11 is 11.8. The van der Waals surface area contributed by atoms with E-state index >= 15 is 0 Å². The topological polar surface area (TPSA) is 33.0 Å². The van der Waals surface area contributed by atoms with Crippen molar-refractivity contribution in [2.75, 3.05) is 0 Å². The summed E-state index contributed by atoms with van der Waals surface area (Å²) in [5.74, 6) is 0.368. The Kier molecular flexibility index (Phi) is 4.09. The molecule has 4 heteroatoms. The Balaban J connectivity index is 2.22. The zero-order chi connectivity index (χ0) is 13.0. The Morgan fingerprint density at radius 1 is 1.11 bits per heavy atom. The highest BCUT2D eigenvalue weighted by Crippen LogP contribution is 2.32. The van der Waals surface area contributed by atoms with Gasteiger partial charge in [-0.1, -0.05) is 53.5 Å². The molecule has 0 heterocycles. The van der Waals surface area contributed by atoms with Crippen LogP contribution in [-0.4, -0.2) is 0 Å². The van der Waals surface area contributed by atoms with Crippen molar-refractivity contribution in [2.45, 2.75) is 6.61 Å². The fraction of sp³-hybridized carbons (Fsp3) is 0.0714. The zero-order valence-electron chi connectivity index (χ0n) is 9.36. The van der Waals surface area contributed by atoms with Crippen LogP contribution < -0.4 is 4.74 Å². The molecule has 0 unspecified atom stereocenters. The van der Waals surface area contributed by atoms with E-state index in [1.54, 1.807) is 6.07 Å². The van der Waals surface area contributed by atoms with Gasteiger partial charge in [0.1, 0.15) is 12.7 Å². The Bertz CT molecular complexity index is 591. The SMILES string of the molecule is N#Cc1cc(Cl)cc(Cl)c1OCc1ccccc1. The molecule has 0 aliphatic carbocycles. The quantitative estimate of drug-likeness (QED) is 0.831. The molecule has 18 heavy (non-hydrogen) atoms. The number of nitriles is 1. The lowest BCUT2D eigenvalue weighted by Crippen LogP contribution is -1.98. The molecule has 2 aromatic carbocycles. The van der Waals surface area contributed by atoms with Crippen LogP contribution in [0.25, 0.3) is 0 Å². The van der Waals surface area contributed by atoms with Crippen LogP contribution in [0.15, 0.2) is 42.5 Å². The number of nitrogens with zero attached hydrogens (tertiary/aromatic N) is 1. The zero-order valence-corrected chi connectivity index (χ0v) is 10.9. The summed E-state index contributed by atoms with van der Waals surface area (Å²) in [6.45, 7) is 0.358. The lowest BCUT2D eigenvalue weighted by atomic mass is 10.2. The molecule has 2 rings (SSSR count). The molecule has 0 spiro atoms. The number of ether oxygens (including phenoxy) is 1. The summed E-state index contributed by atoms with van der Waals surface area (Å²) in [6.07, 6.45) is 0. The highest BCUT2D eigenvalue weighted by molar-refractivity contribution is 6.35. The highest BCUT2D eigenvalue weighted by atomic mass is 35.5. The van der Waals surface area contributed by atoms with Gasteiger partial charge in [-0.3, -0.25) is 0 Å². The van der Waals surface area contributed by atoms with Crippen LogP contribution in [0.5, 0.6) is 5.75 Å². The Morgan fingerprint density at radius 2 is 1.83 bits per heavy atom. The molecule has 2 nitrogen and oxygen atoms in total. The van der Waals surface area contributed by atoms with E-state index in [1.165, 1.54) is 6.07 Å². The predicted molar refractivity (Wildman–Crippen MR) is 72.0 cm³/mol. The van der Waals surface area contributed by atoms with Gasteiger partial charge in [-0.25, -0.2) is 0 Å². The lowest BCUT2D eigenvalue weighted by molar-refractivity contribution is 0.305. The van der Waals surface area contributed by atoms with Crippen molar-refractivity contribution in [1.82, 2.24) is 0 Å². The largest absolute Gasteiger partial charge is 0.486 e. The first kappa shape index (κ1) is 12.8. The summed E-state index contributed by atoms with van der Waals surface area (Å²) in [5, 5.41) is 9.78. The van der Waals surface area contributed by atoms with Crippen molar-refractivity contribution < 1.29 is 4.74 Å². The highest BCUT2D eigenvalue weighted by Gasteiger charge is 2.10. The summed E-state index contributed by atoms with van der Waals surface area (Å²) in [5.41, 5.74) is 1.34. The van der Waals surface area contributed by atoms with Crippen LogP contribution in [0.1, 0.15) is 11.1 Å². The summed E-state index contributed by atoms with van der Waals surface area (Å²) in [6, 6.07) is 14.8. The molecule has 0 N–H and O–H groups in total. The average Bonchev–Trinajstić information content (AvgIpc) is 2.38. The molecule has 0 saturated carbocycles. The van der Waals surface area contributed by atoms with Gasteiger partial charge < -0.3 is 4.74 Å². The second kappa shape index (κ2) is 5.77. The summed E-state index contributed by atoms with van der Waals surface area (Å²) < 4.78 is 5.59. The number of halogens is 2. The molecule has 0 aromatic heterocycles. The fourth-order valence-corrected chi connectivity index (χ4v) is 2.07. The van der Waals surface area contributed by atoms with Gasteiger partial charge in [0, 0.05) is 5.02 Å². The van der Waals surface area contributed by atoms with Gasteiger partial charge in [0.25, 0.3) is 0 Å². The van der Waals surface area contributed by atoms with E-state index in [0.717, 1.165) is 5.56 Å². The molecule has 0 saturated heterocycles. The number of rotatable bonds is 3. The maximum atomic E-state index is 9.02. The van der Waals surface area contributed by atoms with Crippen molar-refractivity contribution in [3.63, 3.8) is 0 Å². The standard InChI is InChI=1S/C14H9Cl2NO/c15-12-6-11(8-17)14(13(16)7-12)18-9-10-4-2-1-3-5-10/h1-7H,9H2. The van der Waals surface area contributed by atoms with Crippen LogP contribution in [0.4, 0.5) is 0 Å². The molecule has 0 aliphatic heterocycles. The first-order chi connectivity index (χ1) is 8.70. The Hall–Kier alpha value is -1.69. The third kappa shape index (κ3) is 2.95. The van der Waals surface area contributed by atoms with Crippen molar-refractivity contribution in [1.29, 1.82) is 5.26 Å². The van der Waals surface area contributed by atoms with Gasteiger partial charge >= 0.3 is 0 Å². The van der Waals surface area contributed by atoms with Gasteiger partial charge in [-0.15, -0.1) is 0 Å². The molecule has 90 valence electrons. The van der Waals surface area contributed by atoms with Crippen LogP contribution in [0.3, 0.4) is 0 Å². The fourth-order valence-electron chi connectivity index (χ4n) is 1.52. The maximum Gasteiger partial charge on any atom is 0.156 e.